The van der Waals surface area contributed by atoms with E-state index in [1.54, 1.807) is 36.4 Å². The van der Waals surface area contributed by atoms with Crippen LogP contribution in [-0.4, -0.2) is 43.8 Å². The van der Waals surface area contributed by atoms with Gasteiger partial charge >= 0.3 is 0 Å². The number of halogens is 2. The van der Waals surface area contributed by atoms with Crippen molar-refractivity contribution in [3.8, 4) is 5.69 Å². The molecule has 2 aromatic rings. The predicted octanol–water partition coefficient (Wildman–Crippen LogP) is 3.37. The number of hydrogen-bond donors (Lipinski definition) is 2. The molecule has 1 fully saturated rings. The van der Waals surface area contributed by atoms with Crippen LogP contribution in [0.3, 0.4) is 0 Å². The Labute approximate surface area is 191 Å². The maximum Gasteiger partial charge on any atom is 0.191 e. The van der Waals surface area contributed by atoms with E-state index in [1.165, 1.54) is 6.07 Å². The van der Waals surface area contributed by atoms with Crippen LogP contribution in [-0.2, 0) is 17.3 Å². The summed E-state index contributed by atoms with van der Waals surface area (Å²) in [6, 6.07) is 5.42. The Morgan fingerprint density at radius 2 is 2.24 bits per heavy atom. The Kier molecular flexibility index (Phi) is 9.54. The van der Waals surface area contributed by atoms with E-state index in [-0.39, 0.29) is 41.1 Å². The second-order valence-corrected chi connectivity index (χ2v) is 8.99. The molecule has 1 aliphatic rings. The third-order valence-corrected chi connectivity index (χ3v) is 6.84. The van der Waals surface area contributed by atoms with Crippen molar-refractivity contribution >= 4 is 40.7 Å². The molecule has 1 aliphatic carbocycles. The van der Waals surface area contributed by atoms with Crippen LogP contribution in [0.5, 0.6) is 0 Å². The highest BCUT2D eigenvalue weighted by Crippen LogP contribution is 2.23. The smallest absolute Gasteiger partial charge is 0.191 e. The van der Waals surface area contributed by atoms with Gasteiger partial charge in [0.25, 0.3) is 0 Å². The van der Waals surface area contributed by atoms with E-state index < -0.39 is 10.8 Å². The third-order valence-electron chi connectivity index (χ3n) is 5.10. The van der Waals surface area contributed by atoms with Gasteiger partial charge in [0, 0.05) is 53.8 Å². The number of guanidine groups is 1. The first-order valence-electron chi connectivity index (χ1n) is 9.71. The van der Waals surface area contributed by atoms with Crippen LogP contribution in [0.1, 0.15) is 38.2 Å². The SMILES string of the molecule is CCS(=O)C1CCCC(NC(=NC)NCc2ccc(-n3ccnc3)c(F)c2)C1.I. The van der Waals surface area contributed by atoms with Crippen LogP contribution in [0.4, 0.5) is 4.39 Å². The fourth-order valence-corrected chi connectivity index (χ4v) is 4.94. The Balaban J connectivity index is 0.00000300. The molecule has 3 rings (SSSR count). The first-order chi connectivity index (χ1) is 13.6. The van der Waals surface area contributed by atoms with Crippen molar-refractivity contribution in [2.45, 2.75) is 50.4 Å². The van der Waals surface area contributed by atoms with Crippen molar-refractivity contribution in [1.29, 1.82) is 0 Å². The number of aliphatic imine (C=N–C) groups is 1. The van der Waals surface area contributed by atoms with Crippen molar-refractivity contribution in [2.75, 3.05) is 12.8 Å². The molecule has 160 valence electrons. The maximum atomic E-state index is 14.4. The monoisotopic (exact) mass is 533 g/mol. The van der Waals surface area contributed by atoms with Crippen LogP contribution in [0.2, 0.25) is 0 Å². The number of aromatic nitrogens is 2. The molecule has 1 aromatic heterocycles. The molecule has 0 saturated heterocycles. The van der Waals surface area contributed by atoms with Gasteiger partial charge in [-0.25, -0.2) is 9.37 Å². The van der Waals surface area contributed by atoms with Crippen LogP contribution in [0, 0.1) is 5.82 Å². The lowest BCUT2D eigenvalue weighted by Gasteiger charge is -2.30. The van der Waals surface area contributed by atoms with Gasteiger partial charge in [-0.2, -0.15) is 0 Å². The molecule has 3 unspecified atom stereocenters. The van der Waals surface area contributed by atoms with Crippen molar-refractivity contribution in [2.24, 2.45) is 4.99 Å². The zero-order valence-electron chi connectivity index (χ0n) is 16.8. The number of nitrogens with one attached hydrogen (secondary N) is 2. The first kappa shape index (κ1) is 23.8. The molecule has 0 spiro atoms. The molecule has 2 N–H and O–H groups in total. The van der Waals surface area contributed by atoms with Gasteiger partial charge < -0.3 is 15.2 Å². The summed E-state index contributed by atoms with van der Waals surface area (Å²) in [7, 11) is 0.974. The van der Waals surface area contributed by atoms with Crippen LogP contribution >= 0.6 is 24.0 Å². The summed E-state index contributed by atoms with van der Waals surface area (Å²) in [4.78, 5) is 8.23. The number of hydrogen-bond acceptors (Lipinski definition) is 3. The maximum absolute atomic E-state index is 14.4. The second kappa shape index (κ2) is 11.6. The minimum absolute atomic E-state index is 0. The Morgan fingerprint density at radius 3 is 2.90 bits per heavy atom. The summed E-state index contributed by atoms with van der Waals surface area (Å²) in [5, 5.41) is 6.94. The standard InChI is InChI=1S/C20H28FN5OS.HI/c1-3-28(27)17-6-4-5-16(12-17)25-20(22-2)24-13-15-7-8-19(18(21)11-15)26-10-9-23-14-26;/h7-11,14,16-17H,3-6,12-13H2,1-2H3,(H2,22,24,25);1H. The van der Waals surface area contributed by atoms with Gasteiger partial charge in [-0.15, -0.1) is 24.0 Å². The Hall–Kier alpha value is -1.49. The van der Waals surface area contributed by atoms with Gasteiger partial charge in [0.1, 0.15) is 5.82 Å². The third kappa shape index (κ3) is 6.50. The highest BCUT2D eigenvalue weighted by molar-refractivity contribution is 14.0. The molecule has 1 heterocycles. The van der Waals surface area contributed by atoms with Crippen LogP contribution in [0.25, 0.3) is 5.69 Å². The number of rotatable bonds is 6. The van der Waals surface area contributed by atoms with Gasteiger partial charge in [0.2, 0.25) is 0 Å². The Morgan fingerprint density at radius 1 is 1.41 bits per heavy atom. The number of benzene rings is 1. The molecule has 0 radical (unpaired) electrons. The molecule has 9 heteroatoms. The highest BCUT2D eigenvalue weighted by atomic mass is 127. The summed E-state index contributed by atoms with van der Waals surface area (Å²) in [6.07, 6.45) is 8.97. The largest absolute Gasteiger partial charge is 0.354 e. The summed E-state index contributed by atoms with van der Waals surface area (Å²) in [6.45, 7) is 2.45. The summed E-state index contributed by atoms with van der Waals surface area (Å²) >= 11 is 0. The summed E-state index contributed by atoms with van der Waals surface area (Å²) in [5.74, 6) is 1.11. The zero-order valence-corrected chi connectivity index (χ0v) is 20.0. The molecule has 6 nitrogen and oxygen atoms in total. The van der Waals surface area contributed by atoms with E-state index >= 15 is 0 Å². The van der Waals surface area contributed by atoms with E-state index in [1.807, 2.05) is 13.0 Å². The van der Waals surface area contributed by atoms with E-state index in [9.17, 15) is 8.60 Å². The fraction of sp³-hybridized carbons (Fsp3) is 0.500. The second-order valence-electron chi connectivity index (χ2n) is 6.98. The molecule has 1 saturated carbocycles. The minimum atomic E-state index is -0.751. The Bertz CT molecular complexity index is 830. The molecule has 0 bridgehead atoms. The average molecular weight is 533 g/mol. The lowest BCUT2D eigenvalue weighted by molar-refractivity contribution is 0.413. The normalized spacial score (nSPS) is 20.6. The average Bonchev–Trinajstić information content (AvgIpc) is 3.25. The quantitative estimate of drug-likeness (QED) is 0.340. The topological polar surface area (TPSA) is 71.3 Å². The minimum Gasteiger partial charge on any atom is -0.354 e. The first-order valence-corrected chi connectivity index (χ1v) is 11.1. The van der Waals surface area contributed by atoms with Crippen molar-refractivity contribution in [3.63, 3.8) is 0 Å². The molecule has 1 aromatic carbocycles. The fourth-order valence-electron chi connectivity index (χ4n) is 3.60. The molecule has 0 amide bonds. The number of nitrogens with zero attached hydrogens (tertiary/aromatic N) is 3. The van der Waals surface area contributed by atoms with Gasteiger partial charge in [-0.3, -0.25) is 9.20 Å². The van der Waals surface area contributed by atoms with Crippen molar-refractivity contribution in [3.05, 3.63) is 48.3 Å². The van der Waals surface area contributed by atoms with Gasteiger partial charge in [-0.05, 0) is 37.0 Å². The molecule has 29 heavy (non-hydrogen) atoms. The molecular weight excluding hydrogens is 504 g/mol. The van der Waals surface area contributed by atoms with E-state index in [0.29, 0.717) is 23.9 Å². The van der Waals surface area contributed by atoms with E-state index in [4.69, 9.17) is 0 Å². The zero-order chi connectivity index (χ0) is 19.9. The predicted molar refractivity (Wildman–Crippen MR) is 127 cm³/mol. The molecule has 0 aliphatic heterocycles. The van der Waals surface area contributed by atoms with E-state index in [2.05, 4.69) is 20.6 Å². The van der Waals surface area contributed by atoms with Gasteiger partial charge in [0.05, 0.1) is 12.0 Å². The van der Waals surface area contributed by atoms with Gasteiger partial charge in [-0.1, -0.05) is 19.4 Å². The summed E-state index contributed by atoms with van der Waals surface area (Å²) < 4.78 is 28.2. The summed E-state index contributed by atoms with van der Waals surface area (Å²) in [5.41, 5.74) is 1.30. The van der Waals surface area contributed by atoms with Gasteiger partial charge in [0.15, 0.2) is 5.96 Å². The van der Waals surface area contributed by atoms with Crippen LogP contribution < -0.4 is 10.6 Å². The lowest BCUT2D eigenvalue weighted by Crippen LogP contribution is -2.46. The number of imidazole rings is 1. The molecule has 3 atom stereocenters. The highest BCUT2D eigenvalue weighted by Gasteiger charge is 2.26. The van der Waals surface area contributed by atoms with Crippen molar-refractivity contribution in [1.82, 2.24) is 20.2 Å². The molecular formula is C20H29FIN5OS. The van der Waals surface area contributed by atoms with E-state index in [0.717, 1.165) is 31.2 Å². The lowest BCUT2D eigenvalue weighted by atomic mass is 9.95. The van der Waals surface area contributed by atoms with Crippen molar-refractivity contribution < 1.29 is 8.60 Å². The van der Waals surface area contributed by atoms with Crippen LogP contribution in [0.15, 0.2) is 41.9 Å².